The number of rotatable bonds is 4. The molecule has 25 heavy (non-hydrogen) atoms. The molecule has 0 saturated heterocycles. The van der Waals surface area contributed by atoms with Gasteiger partial charge < -0.3 is 4.74 Å². The van der Waals surface area contributed by atoms with E-state index in [0.717, 1.165) is 22.2 Å². The number of ether oxygens (including phenoxy) is 1. The molecule has 2 aromatic heterocycles. The van der Waals surface area contributed by atoms with Crippen molar-refractivity contribution in [1.82, 2.24) is 9.55 Å². The van der Waals surface area contributed by atoms with Gasteiger partial charge in [-0.15, -0.1) is 11.3 Å². The smallest absolute Gasteiger partial charge is 0.233 e. The molecule has 6 nitrogen and oxygen atoms in total. The third kappa shape index (κ3) is 3.02. The molecule has 0 aliphatic heterocycles. The predicted octanol–water partition coefficient (Wildman–Crippen LogP) is 3.28. The van der Waals surface area contributed by atoms with Crippen molar-refractivity contribution in [2.45, 2.75) is 20.3 Å². The molecule has 1 amide bonds. The monoisotopic (exact) mass is 357 g/mol. The Morgan fingerprint density at radius 3 is 2.72 bits per heavy atom. The zero-order chi connectivity index (χ0) is 18.1. The fourth-order valence-electron chi connectivity index (χ4n) is 2.98. The molecule has 0 fully saturated rings. The fourth-order valence-corrected chi connectivity index (χ4v) is 3.60. The Balaban J connectivity index is 2.07. The normalized spacial score (nSPS) is 10.9. The number of anilines is 1. The molecule has 0 radical (unpaired) electrons. The number of hydrogen-bond acceptors (Lipinski definition) is 5. The highest BCUT2D eigenvalue weighted by atomic mass is 32.1. The lowest BCUT2D eigenvalue weighted by Crippen LogP contribution is -2.28. The topological polar surface area (TPSA) is 64.4 Å². The summed E-state index contributed by atoms with van der Waals surface area (Å²) in [6.45, 7) is 3.38. The molecule has 0 aliphatic carbocycles. The van der Waals surface area contributed by atoms with Crippen LogP contribution in [0.2, 0.25) is 0 Å². The lowest BCUT2D eigenvalue weighted by atomic mass is 10.1. The molecule has 1 aromatic carbocycles. The highest BCUT2D eigenvalue weighted by molar-refractivity contribution is 7.13. The van der Waals surface area contributed by atoms with Crippen molar-refractivity contribution in [1.29, 1.82) is 0 Å². The molecule has 3 rings (SSSR count). The second-order valence-electron chi connectivity index (χ2n) is 5.75. The van der Waals surface area contributed by atoms with Crippen LogP contribution in [0.1, 0.15) is 23.0 Å². The maximum Gasteiger partial charge on any atom is 0.233 e. The molecular formula is C18H19N3O3S. The number of likely N-dealkylation sites (N-methyl/N-ethyl adjacent to an activating group) is 1. The van der Waals surface area contributed by atoms with Gasteiger partial charge in [-0.3, -0.25) is 19.1 Å². The number of fused-ring (bicyclic) bond motifs is 1. The van der Waals surface area contributed by atoms with E-state index in [-0.39, 0.29) is 18.2 Å². The molecule has 0 spiro atoms. The average molecular weight is 357 g/mol. The van der Waals surface area contributed by atoms with E-state index in [1.807, 2.05) is 30.5 Å². The van der Waals surface area contributed by atoms with Gasteiger partial charge in [-0.25, -0.2) is 4.98 Å². The van der Waals surface area contributed by atoms with E-state index >= 15 is 0 Å². The Morgan fingerprint density at radius 2 is 2.12 bits per heavy atom. The van der Waals surface area contributed by atoms with Crippen LogP contribution in [0, 0.1) is 6.92 Å². The molecule has 0 aliphatic rings. The van der Waals surface area contributed by atoms with Gasteiger partial charge in [-0.1, -0.05) is 0 Å². The second-order valence-corrected chi connectivity index (χ2v) is 6.62. The van der Waals surface area contributed by atoms with Crippen LogP contribution >= 0.6 is 11.3 Å². The number of carbonyl (C=O) groups is 2. The molecular weight excluding hydrogens is 338 g/mol. The summed E-state index contributed by atoms with van der Waals surface area (Å²) in [7, 11) is 3.30. The van der Waals surface area contributed by atoms with Crippen LogP contribution in [0.25, 0.3) is 10.9 Å². The largest absolute Gasteiger partial charge is 0.497 e. The van der Waals surface area contributed by atoms with Gasteiger partial charge in [0.05, 0.1) is 19.0 Å². The standard InChI is InChI=1S/C18H19N3O3S/c1-11-14(10-17(23)20(3)18-19-7-8-25-18)15-9-13(24-4)5-6-16(15)21(11)12(2)22/h5-9H,10H2,1-4H3. The molecule has 3 aromatic rings. The number of nitrogens with zero attached hydrogens (tertiary/aromatic N) is 3. The van der Waals surface area contributed by atoms with Crippen molar-refractivity contribution < 1.29 is 14.3 Å². The van der Waals surface area contributed by atoms with Crippen LogP contribution in [0.4, 0.5) is 5.13 Å². The quantitative estimate of drug-likeness (QED) is 0.719. The summed E-state index contributed by atoms with van der Waals surface area (Å²) < 4.78 is 6.94. The van der Waals surface area contributed by atoms with Crippen LogP contribution in [-0.2, 0) is 11.2 Å². The maximum atomic E-state index is 12.7. The summed E-state index contributed by atoms with van der Waals surface area (Å²) in [4.78, 5) is 30.5. The van der Waals surface area contributed by atoms with E-state index < -0.39 is 0 Å². The minimum absolute atomic E-state index is 0.0801. The lowest BCUT2D eigenvalue weighted by Gasteiger charge is -2.14. The minimum Gasteiger partial charge on any atom is -0.497 e. The lowest BCUT2D eigenvalue weighted by molar-refractivity contribution is -0.117. The number of hydrogen-bond donors (Lipinski definition) is 0. The first kappa shape index (κ1) is 17.2. The van der Waals surface area contributed by atoms with Crippen LogP contribution in [0.5, 0.6) is 5.75 Å². The molecule has 130 valence electrons. The first-order valence-electron chi connectivity index (χ1n) is 7.79. The van der Waals surface area contributed by atoms with E-state index in [1.165, 1.54) is 18.3 Å². The van der Waals surface area contributed by atoms with Crippen LogP contribution in [0.3, 0.4) is 0 Å². The summed E-state index contributed by atoms with van der Waals surface area (Å²) >= 11 is 1.41. The van der Waals surface area contributed by atoms with Crippen molar-refractivity contribution in [3.63, 3.8) is 0 Å². The summed E-state index contributed by atoms with van der Waals surface area (Å²) in [6.07, 6.45) is 1.85. The molecule has 0 atom stereocenters. The SMILES string of the molecule is COc1ccc2c(c1)c(CC(=O)N(C)c1nccs1)c(C)n2C(C)=O. The third-order valence-corrected chi connectivity index (χ3v) is 5.11. The van der Waals surface area contributed by atoms with E-state index in [9.17, 15) is 9.59 Å². The van der Waals surface area contributed by atoms with Crippen LogP contribution in [0.15, 0.2) is 29.8 Å². The Hall–Kier alpha value is -2.67. The Kier molecular flexibility index (Phi) is 4.59. The third-order valence-electron chi connectivity index (χ3n) is 4.27. The Morgan fingerprint density at radius 1 is 1.36 bits per heavy atom. The predicted molar refractivity (Wildman–Crippen MR) is 98.8 cm³/mol. The molecule has 0 saturated carbocycles. The van der Waals surface area contributed by atoms with E-state index in [0.29, 0.717) is 10.9 Å². The Bertz CT molecular complexity index is 944. The highest BCUT2D eigenvalue weighted by Crippen LogP contribution is 2.30. The molecule has 2 heterocycles. The van der Waals surface area contributed by atoms with Gasteiger partial charge >= 0.3 is 0 Å². The number of carbonyl (C=O) groups excluding carboxylic acids is 2. The van der Waals surface area contributed by atoms with Gasteiger partial charge in [0.1, 0.15) is 5.75 Å². The van der Waals surface area contributed by atoms with Crippen molar-refractivity contribution in [3.8, 4) is 5.75 Å². The Labute approximate surface area is 149 Å². The maximum absolute atomic E-state index is 12.7. The number of benzene rings is 1. The van der Waals surface area contributed by atoms with Gasteiger partial charge in [0.15, 0.2) is 5.13 Å². The zero-order valence-corrected chi connectivity index (χ0v) is 15.4. The van der Waals surface area contributed by atoms with Crippen LogP contribution in [-0.4, -0.2) is 35.5 Å². The van der Waals surface area contributed by atoms with Gasteiger partial charge in [0.25, 0.3) is 0 Å². The molecule has 0 bridgehead atoms. The number of amides is 1. The van der Waals surface area contributed by atoms with Crippen molar-refractivity contribution in [3.05, 3.63) is 41.0 Å². The first-order chi connectivity index (χ1) is 11.9. The van der Waals surface area contributed by atoms with Gasteiger partial charge in [-0.05, 0) is 30.7 Å². The van der Waals surface area contributed by atoms with Gasteiger partial charge in [0.2, 0.25) is 11.8 Å². The van der Waals surface area contributed by atoms with Crippen LogP contribution < -0.4 is 9.64 Å². The van der Waals surface area contributed by atoms with E-state index in [4.69, 9.17) is 4.74 Å². The van der Waals surface area contributed by atoms with Crippen molar-refractivity contribution in [2.24, 2.45) is 0 Å². The molecule has 7 heteroatoms. The summed E-state index contributed by atoms with van der Waals surface area (Å²) in [5.41, 5.74) is 2.39. The van der Waals surface area contributed by atoms with Crippen molar-refractivity contribution in [2.75, 3.05) is 19.1 Å². The molecule has 0 N–H and O–H groups in total. The zero-order valence-electron chi connectivity index (χ0n) is 14.6. The summed E-state index contributed by atoms with van der Waals surface area (Å²) in [5, 5.41) is 3.33. The van der Waals surface area contributed by atoms with E-state index in [1.54, 1.807) is 29.8 Å². The number of methoxy groups -OCH3 is 1. The van der Waals surface area contributed by atoms with E-state index in [2.05, 4.69) is 4.98 Å². The van der Waals surface area contributed by atoms with Crippen molar-refractivity contribution >= 4 is 39.2 Å². The summed E-state index contributed by atoms with van der Waals surface area (Å²) in [6, 6.07) is 5.53. The average Bonchev–Trinajstić information content (AvgIpc) is 3.21. The number of thiazole rings is 1. The second kappa shape index (κ2) is 6.68. The highest BCUT2D eigenvalue weighted by Gasteiger charge is 2.22. The first-order valence-corrected chi connectivity index (χ1v) is 8.67. The summed E-state index contributed by atoms with van der Waals surface area (Å²) in [5.74, 6) is 0.526. The van der Waals surface area contributed by atoms with Gasteiger partial charge in [0, 0.05) is 36.6 Å². The van der Waals surface area contributed by atoms with Gasteiger partial charge in [-0.2, -0.15) is 0 Å². The number of aromatic nitrogens is 2. The fraction of sp³-hybridized carbons (Fsp3) is 0.278. The minimum atomic E-state index is -0.0837. The molecule has 0 unspecified atom stereocenters.